The Balaban J connectivity index is 1.77. The molecule has 1 aromatic carbocycles. The molecule has 1 amide bonds. The fourth-order valence-electron chi connectivity index (χ4n) is 2.53. The molecule has 124 valence electrons. The van der Waals surface area contributed by atoms with Gasteiger partial charge in [0.2, 0.25) is 5.91 Å². The fourth-order valence-corrected chi connectivity index (χ4v) is 2.80. The van der Waals surface area contributed by atoms with Crippen molar-refractivity contribution in [3.63, 3.8) is 0 Å². The van der Waals surface area contributed by atoms with Crippen LogP contribution in [0.5, 0.6) is 0 Å². The molecule has 0 radical (unpaired) electrons. The summed E-state index contributed by atoms with van der Waals surface area (Å²) in [7, 11) is 0. The van der Waals surface area contributed by atoms with Crippen LogP contribution < -0.4 is 10.5 Å². The average Bonchev–Trinajstić information content (AvgIpc) is 3.01. The van der Waals surface area contributed by atoms with Gasteiger partial charge in [-0.3, -0.25) is 14.4 Å². The zero-order chi connectivity index (χ0) is 17.3. The van der Waals surface area contributed by atoms with E-state index < -0.39 is 5.56 Å². The van der Waals surface area contributed by atoms with Crippen molar-refractivity contribution in [3.05, 3.63) is 56.4 Å². The quantitative estimate of drug-likeness (QED) is 0.780. The Kier molecular flexibility index (Phi) is 4.69. The van der Waals surface area contributed by atoms with Crippen LogP contribution in [0.25, 0.3) is 0 Å². The first-order chi connectivity index (χ1) is 11.5. The zero-order valence-corrected chi connectivity index (χ0v) is 14.0. The first-order valence-corrected chi connectivity index (χ1v) is 8.07. The lowest BCUT2D eigenvalue weighted by molar-refractivity contribution is -0.117. The van der Waals surface area contributed by atoms with Crippen LogP contribution in [0, 0.1) is 0 Å². The number of hydrogen-bond donors (Lipinski definition) is 0. The molecule has 0 aliphatic carbocycles. The van der Waals surface area contributed by atoms with Gasteiger partial charge in [-0.15, -0.1) is 0 Å². The van der Waals surface area contributed by atoms with E-state index in [1.807, 2.05) is 0 Å². The number of hydrogen-bond acceptors (Lipinski definition) is 4. The highest BCUT2D eigenvalue weighted by atomic mass is 35.5. The molecule has 3 rings (SSSR count). The third-order valence-corrected chi connectivity index (χ3v) is 4.56. The Morgan fingerprint density at radius 1 is 1.17 bits per heavy atom. The van der Waals surface area contributed by atoms with Gasteiger partial charge >= 0.3 is 0 Å². The van der Waals surface area contributed by atoms with Crippen LogP contribution in [0.1, 0.15) is 23.2 Å². The van der Waals surface area contributed by atoms with Crippen molar-refractivity contribution in [2.24, 2.45) is 0 Å². The molecule has 8 heteroatoms. The molecule has 2 heterocycles. The number of carbonyl (C=O) groups excluding carboxylic acids is 2. The van der Waals surface area contributed by atoms with Gasteiger partial charge in [-0.2, -0.15) is 5.10 Å². The molecule has 6 nitrogen and oxygen atoms in total. The van der Waals surface area contributed by atoms with Crippen molar-refractivity contribution < 1.29 is 9.59 Å². The SMILES string of the molecule is O=C(Cn1ncc(Cl)c(Cl)c1=O)c1ccc(N2CCCC2=O)cc1. The Morgan fingerprint density at radius 3 is 2.50 bits per heavy atom. The standard InChI is InChI=1S/C16H13Cl2N3O3/c17-12-8-19-21(16(24)15(12)18)9-13(22)10-3-5-11(6-4-10)20-7-1-2-14(20)23/h3-6,8H,1-2,7,9H2. The minimum Gasteiger partial charge on any atom is -0.312 e. The van der Waals surface area contributed by atoms with Crippen molar-refractivity contribution >= 4 is 40.6 Å². The third-order valence-electron chi connectivity index (χ3n) is 3.81. The second kappa shape index (κ2) is 6.75. The molecular weight excluding hydrogens is 353 g/mol. The number of aromatic nitrogens is 2. The number of benzene rings is 1. The molecule has 2 aromatic rings. The summed E-state index contributed by atoms with van der Waals surface area (Å²) < 4.78 is 0.967. The Morgan fingerprint density at radius 2 is 1.88 bits per heavy atom. The van der Waals surface area contributed by atoms with Crippen LogP contribution in [-0.4, -0.2) is 28.0 Å². The number of amides is 1. The van der Waals surface area contributed by atoms with Gasteiger partial charge in [0.05, 0.1) is 11.2 Å². The van der Waals surface area contributed by atoms with Gasteiger partial charge in [0.1, 0.15) is 11.6 Å². The number of halogens is 2. The summed E-state index contributed by atoms with van der Waals surface area (Å²) in [6.45, 7) is 0.451. The largest absolute Gasteiger partial charge is 0.312 e. The van der Waals surface area contributed by atoms with Gasteiger partial charge in [0.25, 0.3) is 5.56 Å². The summed E-state index contributed by atoms with van der Waals surface area (Å²) in [5.74, 6) is -0.206. The maximum atomic E-state index is 12.3. The number of nitrogens with zero attached hydrogens (tertiary/aromatic N) is 3. The van der Waals surface area contributed by atoms with Gasteiger partial charge in [0, 0.05) is 24.2 Å². The van der Waals surface area contributed by atoms with Crippen LogP contribution >= 0.6 is 23.2 Å². The van der Waals surface area contributed by atoms with E-state index in [-0.39, 0.29) is 28.3 Å². The highest BCUT2D eigenvalue weighted by Crippen LogP contribution is 2.22. The number of ketones is 1. The van der Waals surface area contributed by atoms with Crippen molar-refractivity contribution in [1.29, 1.82) is 0 Å². The molecule has 1 aliphatic heterocycles. The molecule has 1 aliphatic rings. The third kappa shape index (κ3) is 3.20. The molecule has 0 spiro atoms. The van der Waals surface area contributed by atoms with Crippen LogP contribution in [-0.2, 0) is 11.3 Å². The summed E-state index contributed by atoms with van der Waals surface area (Å²) in [6, 6.07) is 6.71. The molecule has 0 N–H and O–H groups in total. The van der Waals surface area contributed by atoms with Crippen molar-refractivity contribution in [3.8, 4) is 0 Å². The smallest absolute Gasteiger partial charge is 0.287 e. The molecule has 0 unspecified atom stereocenters. The lowest BCUT2D eigenvalue weighted by Gasteiger charge is -2.15. The molecule has 1 fully saturated rings. The van der Waals surface area contributed by atoms with Crippen molar-refractivity contribution in [1.82, 2.24) is 9.78 Å². The minimum atomic E-state index is -0.614. The van der Waals surface area contributed by atoms with E-state index in [0.717, 1.165) is 16.8 Å². The first-order valence-electron chi connectivity index (χ1n) is 7.32. The number of Topliss-reactive ketones (excluding diaryl/α,β-unsaturated/α-hetero) is 1. The lowest BCUT2D eigenvalue weighted by Crippen LogP contribution is -2.27. The van der Waals surface area contributed by atoms with Crippen LogP contribution in [0.3, 0.4) is 0 Å². The molecule has 0 saturated carbocycles. The van der Waals surface area contributed by atoms with Gasteiger partial charge in [0.15, 0.2) is 5.78 Å². The summed E-state index contributed by atoms with van der Waals surface area (Å²) in [6.07, 6.45) is 2.61. The molecule has 0 atom stereocenters. The zero-order valence-electron chi connectivity index (χ0n) is 12.5. The van der Waals surface area contributed by atoms with Gasteiger partial charge in [-0.1, -0.05) is 23.2 Å². The molecule has 1 saturated heterocycles. The van der Waals surface area contributed by atoms with Crippen LogP contribution in [0.15, 0.2) is 35.3 Å². The van der Waals surface area contributed by atoms with Crippen molar-refractivity contribution in [2.75, 3.05) is 11.4 Å². The van der Waals surface area contributed by atoms with E-state index in [2.05, 4.69) is 5.10 Å². The second-order valence-electron chi connectivity index (χ2n) is 5.39. The molecule has 24 heavy (non-hydrogen) atoms. The second-order valence-corrected chi connectivity index (χ2v) is 6.17. The monoisotopic (exact) mass is 365 g/mol. The van der Waals surface area contributed by atoms with E-state index >= 15 is 0 Å². The normalized spacial score (nSPS) is 14.2. The Hall–Kier alpha value is -2.18. The molecule has 0 bridgehead atoms. The van der Waals surface area contributed by atoms with E-state index in [4.69, 9.17) is 23.2 Å². The topological polar surface area (TPSA) is 72.3 Å². The van der Waals surface area contributed by atoms with E-state index in [0.29, 0.717) is 18.5 Å². The minimum absolute atomic E-state index is 0.0463. The predicted molar refractivity (Wildman–Crippen MR) is 90.9 cm³/mol. The summed E-state index contributed by atoms with van der Waals surface area (Å²) in [5.41, 5.74) is 0.570. The number of rotatable bonds is 4. The first kappa shape index (κ1) is 16.7. The Labute approximate surface area is 147 Å². The predicted octanol–water partition coefficient (Wildman–Crippen LogP) is 2.56. The highest BCUT2D eigenvalue weighted by Gasteiger charge is 2.21. The fraction of sp³-hybridized carbons (Fsp3) is 0.250. The highest BCUT2D eigenvalue weighted by molar-refractivity contribution is 6.41. The number of carbonyl (C=O) groups is 2. The summed E-state index contributed by atoms with van der Waals surface area (Å²) in [4.78, 5) is 37.6. The van der Waals surface area contributed by atoms with Gasteiger partial charge < -0.3 is 4.90 Å². The molecular formula is C16H13Cl2N3O3. The average molecular weight is 366 g/mol. The maximum Gasteiger partial charge on any atom is 0.287 e. The van der Waals surface area contributed by atoms with Crippen LogP contribution in [0.4, 0.5) is 5.69 Å². The maximum absolute atomic E-state index is 12.3. The molecule has 1 aromatic heterocycles. The number of anilines is 1. The van der Waals surface area contributed by atoms with Crippen molar-refractivity contribution in [2.45, 2.75) is 19.4 Å². The van der Waals surface area contributed by atoms with E-state index in [1.165, 1.54) is 6.20 Å². The Bertz CT molecular complexity index is 862. The summed E-state index contributed by atoms with van der Waals surface area (Å²) in [5, 5.41) is 3.69. The van der Waals surface area contributed by atoms with Gasteiger partial charge in [-0.05, 0) is 30.7 Å². The summed E-state index contributed by atoms with van der Waals surface area (Å²) >= 11 is 11.5. The van der Waals surface area contributed by atoms with E-state index in [9.17, 15) is 14.4 Å². The van der Waals surface area contributed by atoms with Crippen LogP contribution in [0.2, 0.25) is 10.0 Å². The lowest BCUT2D eigenvalue weighted by atomic mass is 10.1. The van der Waals surface area contributed by atoms with E-state index in [1.54, 1.807) is 29.2 Å². The van der Waals surface area contributed by atoms with Gasteiger partial charge in [-0.25, -0.2) is 4.68 Å².